The number of alkyl halides is 1. The minimum Gasteiger partial charge on any atom is -0.422 e. The van der Waals surface area contributed by atoms with E-state index in [1.807, 2.05) is 0 Å². The Morgan fingerprint density at radius 1 is 1.70 bits per heavy atom. The van der Waals surface area contributed by atoms with Crippen LogP contribution in [0.5, 0.6) is 0 Å². The van der Waals surface area contributed by atoms with Gasteiger partial charge in [-0.25, -0.2) is 9.37 Å². The first-order valence-corrected chi connectivity index (χ1v) is 2.91. The van der Waals surface area contributed by atoms with E-state index in [9.17, 15) is 4.39 Å². The average Bonchev–Trinajstić information content (AvgIpc) is 2.11. The molecule has 0 saturated heterocycles. The highest BCUT2D eigenvalue weighted by Gasteiger charge is 2.24. The first kappa shape index (κ1) is 7.05. The van der Waals surface area contributed by atoms with E-state index in [4.69, 9.17) is 10.2 Å². The van der Waals surface area contributed by atoms with E-state index in [1.165, 1.54) is 20.0 Å². The maximum absolute atomic E-state index is 12.9. The van der Waals surface area contributed by atoms with E-state index in [2.05, 4.69) is 4.98 Å². The van der Waals surface area contributed by atoms with Gasteiger partial charge in [0.05, 0.1) is 6.20 Å². The Labute approximate surface area is 58.0 Å². The fourth-order valence-corrected chi connectivity index (χ4v) is 0.561. The summed E-state index contributed by atoms with van der Waals surface area (Å²) in [4.78, 5) is 3.62. The summed E-state index contributed by atoms with van der Waals surface area (Å²) >= 11 is 0. The van der Waals surface area contributed by atoms with Gasteiger partial charge in [0.2, 0.25) is 11.8 Å². The zero-order chi connectivity index (χ0) is 7.78. The lowest BCUT2D eigenvalue weighted by Crippen LogP contribution is -2.08. The summed E-state index contributed by atoms with van der Waals surface area (Å²) in [5, 5.41) is 0. The number of anilines is 1. The number of hydrogen-bond acceptors (Lipinski definition) is 3. The summed E-state index contributed by atoms with van der Waals surface area (Å²) in [6.07, 6.45) is 1.29. The second kappa shape index (κ2) is 1.97. The van der Waals surface area contributed by atoms with Gasteiger partial charge < -0.3 is 10.2 Å². The molecule has 0 aliphatic rings. The highest BCUT2D eigenvalue weighted by atomic mass is 19.1. The van der Waals surface area contributed by atoms with Gasteiger partial charge in [-0.2, -0.15) is 0 Å². The van der Waals surface area contributed by atoms with E-state index in [1.54, 1.807) is 0 Å². The molecule has 0 saturated carbocycles. The van der Waals surface area contributed by atoms with E-state index < -0.39 is 5.67 Å². The zero-order valence-corrected chi connectivity index (χ0v) is 5.89. The summed E-state index contributed by atoms with van der Waals surface area (Å²) in [5.74, 6) is 0.158. The topological polar surface area (TPSA) is 52.0 Å². The number of nitrogens with two attached hydrogens (primary N) is 1. The van der Waals surface area contributed by atoms with Crippen molar-refractivity contribution < 1.29 is 8.81 Å². The summed E-state index contributed by atoms with van der Waals surface area (Å²) in [6, 6.07) is 0. The van der Waals surface area contributed by atoms with Gasteiger partial charge in [0, 0.05) is 0 Å². The Morgan fingerprint density at radius 3 is 2.50 bits per heavy atom. The Bertz CT molecular complexity index is 226. The number of nitrogens with zero attached hydrogens (tertiary/aromatic N) is 1. The molecule has 0 aliphatic carbocycles. The van der Waals surface area contributed by atoms with Crippen molar-refractivity contribution in [3.63, 3.8) is 0 Å². The van der Waals surface area contributed by atoms with Gasteiger partial charge >= 0.3 is 0 Å². The van der Waals surface area contributed by atoms with Crippen molar-refractivity contribution in [1.29, 1.82) is 0 Å². The molecule has 0 fully saturated rings. The van der Waals surface area contributed by atoms with E-state index in [0.29, 0.717) is 0 Å². The highest BCUT2D eigenvalue weighted by Crippen LogP contribution is 2.24. The molecular formula is C6H9FN2O. The smallest absolute Gasteiger partial charge is 0.233 e. The molecule has 56 valence electrons. The van der Waals surface area contributed by atoms with Crippen LogP contribution in [0.1, 0.15) is 19.7 Å². The van der Waals surface area contributed by atoms with Crippen LogP contribution in [-0.2, 0) is 5.67 Å². The molecular weight excluding hydrogens is 135 g/mol. The lowest BCUT2D eigenvalue weighted by molar-refractivity contribution is 0.172. The third-order valence-corrected chi connectivity index (χ3v) is 1.03. The molecule has 4 heteroatoms. The van der Waals surface area contributed by atoms with Crippen LogP contribution < -0.4 is 5.73 Å². The third kappa shape index (κ3) is 1.26. The quantitative estimate of drug-likeness (QED) is 0.649. The van der Waals surface area contributed by atoms with Crippen molar-refractivity contribution in [2.75, 3.05) is 5.73 Å². The minimum absolute atomic E-state index is 0.0185. The highest BCUT2D eigenvalue weighted by molar-refractivity contribution is 5.19. The summed E-state index contributed by atoms with van der Waals surface area (Å²) in [7, 11) is 0. The fourth-order valence-electron chi connectivity index (χ4n) is 0.561. The average molecular weight is 144 g/mol. The summed E-state index contributed by atoms with van der Waals surface area (Å²) < 4.78 is 17.7. The van der Waals surface area contributed by atoms with Crippen molar-refractivity contribution in [3.05, 3.63) is 12.1 Å². The Balaban J connectivity index is 2.96. The zero-order valence-electron chi connectivity index (χ0n) is 5.89. The SMILES string of the molecule is CC(C)(F)c1ncc(N)o1. The predicted octanol–water partition coefficient (Wildman–Crippen LogP) is 1.46. The number of rotatable bonds is 1. The van der Waals surface area contributed by atoms with Crippen LogP contribution >= 0.6 is 0 Å². The monoisotopic (exact) mass is 144 g/mol. The molecule has 0 aliphatic heterocycles. The number of aromatic nitrogens is 1. The van der Waals surface area contributed by atoms with Crippen LogP contribution in [0.25, 0.3) is 0 Å². The van der Waals surface area contributed by atoms with Crippen LogP contribution in [0, 0.1) is 0 Å². The van der Waals surface area contributed by atoms with E-state index in [-0.39, 0.29) is 11.8 Å². The number of oxazole rings is 1. The predicted molar refractivity (Wildman–Crippen MR) is 35.0 cm³/mol. The minimum atomic E-state index is -1.54. The van der Waals surface area contributed by atoms with Gasteiger partial charge in [0.25, 0.3) is 0 Å². The summed E-state index contributed by atoms with van der Waals surface area (Å²) in [5.41, 5.74) is 3.64. The van der Waals surface area contributed by atoms with Gasteiger partial charge in [-0.05, 0) is 13.8 Å². The van der Waals surface area contributed by atoms with Crippen LogP contribution in [0.15, 0.2) is 10.6 Å². The molecule has 0 bridgehead atoms. The molecule has 1 heterocycles. The van der Waals surface area contributed by atoms with Crippen molar-refractivity contribution in [2.45, 2.75) is 19.5 Å². The molecule has 0 amide bonds. The van der Waals surface area contributed by atoms with Gasteiger partial charge in [-0.15, -0.1) is 0 Å². The maximum atomic E-state index is 12.9. The van der Waals surface area contributed by atoms with Crippen molar-refractivity contribution in [3.8, 4) is 0 Å². The van der Waals surface area contributed by atoms with Gasteiger partial charge in [-0.3, -0.25) is 0 Å². The Morgan fingerprint density at radius 2 is 2.30 bits per heavy atom. The number of nitrogen functional groups attached to an aromatic ring is 1. The number of halogens is 1. The van der Waals surface area contributed by atoms with Crippen LogP contribution in [0.3, 0.4) is 0 Å². The fraction of sp³-hybridized carbons (Fsp3) is 0.500. The first-order valence-electron chi connectivity index (χ1n) is 2.91. The maximum Gasteiger partial charge on any atom is 0.233 e. The van der Waals surface area contributed by atoms with Crippen LogP contribution in [0.4, 0.5) is 10.3 Å². The van der Waals surface area contributed by atoms with Gasteiger partial charge in [0.15, 0.2) is 5.67 Å². The van der Waals surface area contributed by atoms with E-state index >= 15 is 0 Å². The molecule has 2 N–H and O–H groups in total. The number of hydrogen-bond donors (Lipinski definition) is 1. The molecule has 1 rings (SSSR count). The van der Waals surface area contributed by atoms with Crippen molar-refractivity contribution in [1.82, 2.24) is 4.98 Å². The second-order valence-electron chi connectivity index (χ2n) is 2.54. The lowest BCUT2D eigenvalue weighted by atomic mass is 10.2. The normalized spacial score (nSPS) is 11.9. The largest absolute Gasteiger partial charge is 0.422 e. The molecule has 0 spiro atoms. The molecule has 10 heavy (non-hydrogen) atoms. The summed E-state index contributed by atoms with van der Waals surface area (Å²) in [6.45, 7) is 2.72. The Kier molecular flexibility index (Phi) is 1.39. The van der Waals surface area contributed by atoms with E-state index in [0.717, 1.165) is 0 Å². The molecule has 0 unspecified atom stereocenters. The lowest BCUT2D eigenvalue weighted by Gasteiger charge is -2.06. The van der Waals surface area contributed by atoms with Gasteiger partial charge in [0.1, 0.15) is 0 Å². The Hall–Kier alpha value is -1.06. The van der Waals surface area contributed by atoms with Crippen molar-refractivity contribution >= 4 is 5.88 Å². The molecule has 0 atom stereocenters. The molecule has 0 aromatic carbocycles. The molecule has 0 radical (unpaired) electrons. The second-order valence-corrected chi connectivity index (χ2v) is 2.54. The van der Waals surface area contributed by atoms with Gasteiger partial charge in [-0.1, -0.05) is 0 Å². The standard InChI is InChI=1S/C6H9FN2O/c1-6(2,7)5-9-3-4(8)10-5/h3H,8H2,1-2H3. The molecule has 1 aromatic heterocycles. The molecule has 3 nitrogen and oxygen atoms in total. The third-order valence-electron chi connectivity index (χ3n) is 1.03. The van der Waals surface area contributed by atoms with Crippen LogP contribution in [-0.4, -0.2) is 4.98 Å². The first-order chi connectivity index (χ1) is 4.50. The van der Waals surface area contributed by atoms with Crippen molar-refractivity contribution in [2.24, 2.45) is 0 Å². The van der Waals surface area contributed by atoms with Crippen LogP contribution in [0.2, 0.25) is 0 Å². The molecule has 1 aromatic rings.